The van der Waals surface area contributed by atoms with Crippen LogP contribution in [0.1, 0.15) is 62.4 Å². The van der Waals surface area contributed by atoms with Crippen LogP contribution in [-0.2, 0) is 10.2 Å². The third-order valence-electron chi connectivity index (χ3n) is 5.40. The zero-order valence-corrected chi connectivity index (χ0v) is 16.9. The average Bonchev–Trinajstić information content (AvgIpc) is 2.94. The Morgan fingerprint density at radius 1 is 1.09 bits per heavy atom. The molecule has 3 heterocycles. The fourth-order valence-corrected chi connectivity index (χ4v) is 8.50. The Morgan fingerprint density at radius 3 is 2.43 bits per heavy atom. The second-order valence-electron chi connectivity index (χ2n) is 8.46. The van der Waals surface area contributed by atoms with E-state index in [0.29, 0.717) is 0 Å². The minimum atomic E-state index is -0.241. The summed E-state index contributed by atoms with van der Waals surface area (Å²) in [5.41, 5.74) is 7.76. The fourth-order valence-electron chi connectivity index (χ4n) is 3.97. The number of rotatable bonds is 0. The molecule has 4 rings (SSSR count). The Hall–Kier alpha value is -0.990. The Kier molecular flexibility index (Phi) is 3.07. The lowest BCUT2D eigenvalue weighted by Crippen LogP contribution is -2.23. The molecule has 2 aliphatic rings. The predicted molar refractivity (Wildman–Crippen MR) is 107 cm³/mol. The Balaban J connectivity index is 2.06. The third-order valence-corrected chi connectivity index (χ3v) is 9.81. The second-order valence-corrected chi connectivity index (χ2v) is 12.3. The molecule has 1 unspecified atom stereocenters. The van der Waals surface area contributed by atoms with Crippen molar-refractivity contribution in [1.29, 1.82) is 0 Å². The maximum atomic E-state index is 2.58. The van der Waals surface area contributed by atoms with Gasteiger partial charge in [0, 0.05) is 25.0 Å². The standard InChI is InChI=1S/C21H26S2/c1-12-11-23-19-17(13(2)22-18(12)19)15-9-8-14(20(3,4)5)10-16(15)21(23,6)7/h8-11,23H,1-7H3. The van der Waals surface area contributed by atoms with Gasteiger partial charge in [-0.3, -0.25) is 0 Å². The summed E-state index contributed by atoms with van der Waals surface area (Å²) < 4.78 is 0.221. The number of thiol groups is 1. The molecule has 0 saturated heterocycles. The van der Waals surface area contributed by atoms with Crippen LogP contribution in [-0.4, -0.2) is 0 Å². The molecule has 0 aliphatic carbocycles. The normalized spacial score (nSPS) is 22.6. The van der Waals surface area contributed by atoms with Gasteiger partial charge in [0.05, 0.1) is 0 Å². The van der Waals surface area contributed by atoms with Crippen molar-refractivity contribution in [2.24, 2.45) is 0 Å². The van der Waals surface area contributed by atoms with Gasteiger partial charge in [-0.2, -0.15) is 10.9 Å². The van der Waals surface area contributed by atoms with Crippen molar-refractivity contribution in [1.82, 2.24) is 0 Å². The summed E-state index contributed by atoms with van der Waals surface area (Å²) in [6, 6.07) is 7.24. The van der Waals surface area contributed by atoms with Gasteiger partial charge >= 0.3 is 0 Å². The van der Waals surface area contributed by atoms with Crippen molar-refractivity contribution in [2.45, 2.75) is 63.5 Å². The predicted octanol–water partition coefficient (Wildman–Crippen LogP) is 7.00. The van der Waals surface area contributed by atoms with E-state index in [1.807, 2.05) is 11.3 Å². The summed E-state index contributed by atoms with van der Waals surface area (Å²) in [4.78, 5) is 4.72. The van der Waals surface area contributed by atoms with Gasteiger partial charge in [-0.25, -0.2) is 0 Å². The van der Waals surface area contributed by atoms with Gasteiger partial charge in [-0.05, 0) is 60.8 Å². The first-order valence-corrected chi connectivity index (χ1v) is 10.6. The molecule has 122 valence electrons. The van der Waals surface area contributed by atoms with Crippen LogP contribution in [0.3, 0.4) is 0 Å². The Morgan fingerprint density at radius 2 is 1.78 bits per heavy atom. The molecule has 2 aromatic rings. The van der Waals surface area contributed by atoms with Gasteiger partial charge in [0.2, 0.25) is 0 Å². The Bertz CT molecular complexity index is 857. The molecule has 0 spiro atoms. The van der Waals surface area contributed by atoms with Crippen molar-refractivity contribution >= 4 is 27.8 Å². The molecular weight excluding hydrogens is 316 g/mol. The number of allylic oxidation sites excluding steroid dienone is 1. The van der Waals surface area contributed by atoms with Crippen molar-refractivity contribution in [2.75, 3.05) is 0 Å². The van der Waals surface area contributed by atoms with E-state index in [1.54, 1.807) is 20.9 Å². The van der Waals surface area contributed by atoms with Crippen LogP contribution in [0.4, 0.5) is 0 Å². The topological polar surface area (TPSA) is 0 Å². The van der Waals surface area contributed by atoms with Crippen molar-refractivity contribution in [3.8, 4) is 11.1 Å². The minimum absolute atomic E-state index is 0.203. The minimum Gasteiger partial charge on any atom is -0.195 e. The van der Waals surface area contributed by atoms with Gasteiger partial charge in [0.1, 0.15) is 0 Å². The molecule has 0 radical (unpaired) electrons. The molecule has 1 atom stereocenters. The molecule has 0 nitrogen and oxygen atoms in total. The molecular formula is C21H26S2. The number of aryl methyl sites for hydroxylation is 1. The van der Waals surface area contributed by atoms with Crippen LogP contribution in [0.15, 0.2) is 28.5 Å². The SMILES string of the molecule is CC1=C[SH]2c3c1sc(C)c3-c1ccc(C(C)(C)C)cc1C2(C)C. The van der Waals surface area contributed by atoms with Crippen molar-refractivity contribution < 1.29 is 0 Å². The van der Waals surface area contributed by atoms with Crippen LogP contribution < -0.4 is 0 Å². The molecule has 0 saturated carbocycles. The van der Waals surface area contributed by atoms with E-state index >= 15 is 0 Å². The molecule has 2 heteroatoms. The van der Waals surface area contributed by atoms with Crippen molar-refractivity contribution in [3.63, 3.8) is 0 Å². The molecule has 1 aromatic heterocycles. The molecule has 1 aromatic carbocycles. The molecule has 0 fully saturated rings. The lowest BCUT2D eigenvalue weighted by atomic mass is 9.82. The van der Waals surface area contributed by atoms with Crippen LogP contribution in [0.2, 0.25) is 0 Å². The van der Waals surface area contributed by atoms with Crippen LogP contribution >= 0.6 is 22.2 Å². The highest BCUT2D eigenvalue weighted by Gasteiger charge is 2.42. The summed E-state index contributed by atoms with van der Waals surface area (Å²) in [5.74, 6) is 0. The van der Waals surface area contributed by atoms with Crippen LogP contribution in [0.5, 0.6) is 0 Å². The van der Waals surface area contributed by atoms with E-state index in [2.05, 4.69) is 72.1 Å². The summed E-state index contributed by atoms with van der Waals surface area (Å²) in [6.07, 6.45) is 0. The summed E-state index contributed by atoms with van der Waals surface area (Å²) >= 11 is 2.00. The maximum Gasteiger partial charge on any atom is 0.0435 e. The lowest BCUT2D eigenvalue weighted by molar-refractivity contribution is 0.587. The van der Waals surface area contributed by atoms with Crippen LogP contribution in [0.25, 0.3) is 16.7 Å². The van der Waals surface area contributed by atoms with E-state index in [-0.39, 0.29) is 21.1 Å². The number of fused-ring (bicyclic) bond motifs is 2. The van der Waals surface area contributed by atoms with E-state index in [4.69, 9.17) is 0 Å². The first kappa shape index (κ1) is 15.5. The highest BCUT2D eigenvalue weighted by Crippen LogP contribution is 2.70. The number of hydrogen-bond donors (Lipinski definition) is 1. The largest absolute Gasteiger partial charge is 0.195 e. The monoisotopic (exact) mass is 342 g/mol. The zero-order chi connectivity index (χ0) is 16.7. The van der Waals surface area contributed by atoms with E-state index < -0.39 is 0 Å². The average molecular weight is 343 g/mol. The molecule has 0 N–H and O–H groups in total. The molecule has 2 aliphatic heterocycles. The van der Waals surface area contributed by atoms with E-state index in [9.17, 15) is 0 Å². The van der Waals surface area contributed by atoms with Gasteiger partial charge in [0.15, 0.2) is 0 Å². The van der Waals surface area contributed by atoms with E-state index in [1.165, 1.54) is 21.6 Å². The lowest BCUT2D eigenvalue weighted by Gasteiger charge is -2.42. The number of benzene rings is 1. The summed E-state index contributed by atoms with van der Waals surface area (Å²) in [5, 5.41) is 2.58. The number of hydrogen-bond acceptors (Lipinski definition) is 1. The molecule has 23 heavy (non-hydrogen) atoms. The Labute approximate surface area is 147 Å². The van der Waals surface area contributed by atoms with Gasteiger partial charge in [-0.15, -0.1) is 11.3 Å². The molecule has 0 bridgehead atoms. The van der Waals surface area contributed by atoms with Crippen molar-refractivity contribution in [3.05, 3.63) is 44.5 Å². The second kappa shape index (κ2) is 4.55. The van der Waals surface area contributed by atoms with Gasteiger partial charge in [-0.1, -0.05) is 39.0 Å². The third kappa shape index (κ3) is 1.97. The zero-order valence-electron chi connectivity index (χ0n) is 15.2. The maximum absolute atomic E-state index is 2.58. The van der Waals surface area contributed by atoms with E-state index in [0.717, 1.165) is 0 Å². The van der Waals surface area contributed by atoms with Gasteiger partial charge < -0.3 is 0 Å². The summed E-state index contributed by atoms with van der Waals surface area (Å²) in [7, 11) is -0.241. The molecule has 0 amide bonds. The highest BCUT2D eigenvalue weighted by molar-refractivity contribution is 8.21. The first-order valence-electron chi connectivity index (χ1n) is 8.39. The number of thiophene rings is 1. The first-order chi connectivity index (χ1) is 10.6. The quantitative estimate of drug-likeness (QED) is 0.489. The van der Waals surface area contributed by atoms with Crippen LogP contribution in [0, 0.1) is 6.92 Å². The smallest absolute Gasteiger partial charge is 0.0435 e. The van der Waals surface area contributed by atoms with Gasteiger partial charge in [0.25, 0.3) is 0 Å². The highest BCUT2D eigenvalue weighted by atomic mass is 32.2. The summed E-state index contributed by atoms with van der Waals surface area (Å²) in [6.45, 7) is 16.5. The fraction of sp³-hybridized carbons (Fsp3) is 0.429.